The number of aromatic nitrogens is 1. The van der Waals surface area contributed by atoms with Crippen LogP contribution in [0, 0.1) is 0 Å². The lowest BCUT2D eigenvalue weighted by Crippen LogP contribution is -2.12. The van der Waals surface area contributed by atoms with E-state index in [9.17, 15) is 4.79 Å². The minimum Gasteiger partial charge on any atom is -0.364 e. The maximum absolute atomic E-state index is 10.4. The van der Waals surface area contributed by atoms with Crippen molar-refractivity contribution in [2.45, 2.75) is 27.7 Å². The summed E-state index contributed by atoms with van der Waals surface area (Å²) in [4.78, 5) is 14.1. The predicted molar refractivity (Wildman–Crippen MR) is 57.6 cm³/mol. The Labute approximate surface area is 81.5 Å². The number of nitrogens with zero attached hydrogens (tertiary/aromatic N) is 1. The van der Waals surface area contributed by atoms with Crippen molar-refractivity contribution in [1.29, 1.82) is 0 Å². The molecule has 0 aliphatic heterocycles. The lowest BCUT2D eigenvalue weighted by Gasteiger charge is -1.88. The molecule has 13 heavy (non-hydrogen) atoms. The third kappa shape index (κ3) is 7.00. The first-order valence-electron chi connectivity index (χ1n) is 4.51. The molecule has 0 radical (unpaired) electrons. The smallest absolute Gasteiger partial charge is 0.267 e. The van der Waals surface area contributed by atoms with Gasteiger partial charge in [0.15, 0.2) is 0 Å². The van der Waals surface area contributed by atoms with Gasteiger partial charge in [0.2, 0.25) is 0 Å². The van der Waals surface area contributed by atoms with Crippen LogP contribution in [0.15, 0.2) is 24.4 Å². The summed E-state index contributed by atoms with van der Waals surface area (Å²) in [5.41, 5.74) is 5.22. The highest BCUT2D eigenvalue weighted by atomic mass is 16.1. The standard InChI is InChI=1S/C6H6N2O.2C2H6.H2/c7-6(9)5-3-1-2-4-8-5;2*1-2;/h1-4H,(H2,7,9);2*1-2H3;1H. The molecule has 0 bridgehead atoms. The van der Waals surface area contributed by atoms with E-state index in [-0.39, 0.29) is 1.43 Å². The van der Waals surface area contributed by atoms with E-state index >= 15 is 0 Å². The first-order chi connectivity index (χ1) is 6.30. The van der Waals surface area contributed by atoms with Gasteiger partial charge in [-0.1, -0.05) is 33.8 Å². The highest BCUT2D eigenvalue weighted by Crippen LogP contribution is 1.88. The van der Waals surface area contributed by atoms with Crippen molar-refractivity contribution in [1.82, 2.24) is 4.98 Å². The summed E-state index contributed by atoms with van der Waals surface area (Å²) in [7, 11) is 0. The van der Waals surface area contributed by atoms with Crippen LogP contribution in [-0.2, 0) is 0 Å². The van der Waals surface area contributed by atoms with Crippen molar-refractivity contribution in [3.63, 3.8) is 0 Å². The van der Waals surface area contributed by atoms with Crippen LogP contribution in [0.4, 0.5) is 0 Å². The largest absolute Gasteiger partial charge is 0.364 e. The number of hydrogen-bond donors (Lipinski definition) is 1. The monoisotopic (exact) mass is 184 g/mol. The quantitative estimate of drug-likeness (QED) is 0.729. The Hall–Kier alpha value is -1.38. The minimum absolute atomic E-state index is 0. The molecule has 1 aromatic heterocycles. The van der Waals surface area contributed by atoms with Gasteiger partial charge in [-0.15, -0.1) is 0 Å². The molecule has 0 unspecified atom stereocenters. The fourth-order valence-corrected chi connectivity index (χ4v) is 0.509. The van der Waals surface area contributed by atoms with Gasteiger partial charge in [0.25, 0.3) is 5.91 Å². The van der Waals surface area contributed by atoms with Gasteiger partial charge in [-0.05, 0) is 12.1 Å². The molecule has 0 spiro atoms. The summed E-state index contributed by atoms with van der Waals surface area (Å²) in [6, 6.07) is 5.02. The van der Waals surface area contributed by atoms with E-state index in [1.54, 1.807) is 18.2 Å². The second-order valence-electron chi connectivity index (χ2n) is 1.58. The molecule has 1 heterocycles. The molecule has 0 saturated heterocycles. The molecule has 76 valence electrons. The molecule has 0 aliphatic rings. The molecule has 1 rings (SSSR count). The average molecular weight is 184 g/mol. The van der Waals surface area contributed by atoms with Crippen molar-refractivity contribution >= 4 is 5.91 Å². The molecule has 0 aromatic carbocycles. The summed E-state index contributed by atoms with van der Waals surface area (Å²) in [5.74, 6) is -0.490. The van der Waals surface area contributed by atoms with Gasteiger partial charge in [0, 0.05) is 7.62 Å². The Balaban J connectivity index is -0.000000216. The maximum Gasteiger partial charge on any atom is 0.267 e. The van der Waals surface area contributed by atoms with Crippen molar-refractivity contribution < 1.29 is 6.22 Å². The topological polar surface area (TPSA) is 56.0 Å². The van der Waals surface area contributed by atoms with E-state index in [4.69, 9.17) is 5.73 Å². The lowest BCUT2D eigenvalue weighted by atomic mass is 10.3. The van der Waals surface area contributed by atoms with Gasteiger partial charge in [0.05, 0.1) is 0 Å². The highest BCUT2D eigenvalue weighted by Gasteiger charge is 1.95. The molecule has 2 N–H and O–H groups in total. The Morgan fingerprint density at radius 3 is 2.08 bits per heavy atom. The third-order valence-corrected chi connectivity index (χ3v) is 0.917. The predicted octanol–water partition coefficient (Wildman–Crippen LogP) is 2.48. The van der Waals surface area contributed by atoms with Gasteiger partial charge < -0.3 is 5.73 Å². The van der Waals surface area contributed by atoms with E-state index in [2.05, 4.69) is 4.98 Å². The van der Waals surface area contributed by atoms with Crippen molar-refractivity contribution in [2.24, 2.45) is 5.73 Å². The molecule has 1 amide bonds. The van der Waals surface area contributed by atoms with E-state index in [0.717, 1.165) is 0 Å². The van der Waals surface area contributed by atoms with Gasteiger partial charge in [-0.2, -0.15) is 0 Å². The van der Waals surface area contributed by atoms with E-state index in [1.807, 2.05) is 27.7 Å². The zero-order valence-corrected chi connectivity index (χ0v) is 8.74. The van der Waals surface area contributed by atoms with Crippen LogP contribution >= 0.6 is 0 Å². The van der Waals surface area contributed by atoms with Gasteiger partial charge in [-0.25, -0.2) is 0 Å². The minimum atomic E-state index is -0.490. The Kier molecular flexibility index (Phi) is 11.6. The van der Waals surface area contributed by atoms with Gasteiger partial charge in [-0.3, -0.25) is 9.78 Å². The number of rotatable bonds is 1. The number of pyridine rings is 1. The van der Waals surface area contributed by atoms with Crippen LogP contribution in [0.25, 0.3) is 0 Å². The Bertz CT molecular complexity index is 215. The van der Waals surface area contributed by atoms with Crippen molar-refractivity contribution in [3.05, 3.63) is 30.1 Å². The van der Waals surface area contributed by atoms with E-state index in [0.29, 0.717) is 5.69 Å². The molecular formula is C10H20N2O. The van der Waals surface area contributed by atoms with Crippen LogP contribution in [0.3, 0.4) is 0 Å². The SMILES string of the molecule is CC.CC.NC(=O)c1ccccn1.[HH]. The fraction of sp³-hybridized carbons (Fsp3) is 0.400. The summed E-state index contributed by atoms with van der Waals surface area (Å²) in [5, 5.41) is 0. The number of primary amides is 1. The molecule has 0 fully saturated rings. The number of carbonyl (C=O) groups excluding carboxylic acids is 1. The first kappa shape index (κ1) is 14.2. The zero-order chi connectivity index (χ0) is 10.7. The van der Waals surface area contributed by atoms with Crippen LogP contribution in [0.1, 0.15) is 39.6 Å². The second-order valence-corrected chi connectivity index (χ2v) is 1.58. The summed E-state index contributed by atoms with van der Waals surface area (Å²) < 4.78 is 0. The van der Waals surface area contributed by atoms with Crippen LogP contribution in [-0.4, -0.2) is 10.9 Å². The molecular weight excluding hydrogens is 164 g/mol. The number of nitrogens with two attached hydrogens (primary N) is 1. The molecule has 3 heteroatoms. The van der Waals surface area contributed by atoms with Gasteiger partial charge >= 0.3 is 0 Å². The first-order valence-corrected chi connectivity index (χ1v) is 4.51. The molecule has 0 aliphatic carbocycles. The zero-order valence-electron chi connectivity index (χ0n) is 8.74. The maximum atomic E-state index is 10.4. The van der Waals surface area contributed by atoms with Crippen molar-refractivity contribution in [3.8, 4) is 0 Å². The molecule has 0 atom stereocenters. The Morgan fingerprint density at radius 2 is 1.85 bits per heavy atom. The lowest BCUT2D eigenvalue weighted by molar-refractivity contribution is 0.0995. The third-order valence-electron chi connectivity index (χ3n) is 0.917. The average Bonchev–Trinajstić information content (AvgIpc) is 2.25. The summed E-state index contributed by atoms with van der Waals surface area (Å²) in [6.45, 7) is 8.00. The fourth-order valence-electron chi connectivity index (χ4n) is 0.509. The Morgan fingerprint density at radius 1 is 1.31 bits per heavy atom. The number of hydrogen-bond acceptors (Lipinski definition) is 2. The van der Waals surface area contributed by atoms with Gasteiger partial charge in [0.1, 0.15) is 5.69 Å². The molecule has 3 nitrogen and oxygen atoms in total. The van der Waals surface area contributed by atoms with Crippen LogP contribution < -0.4 is 5.73 Å². The number of carbonyl (C=O) groups is 1. The number of amides is 1. The highest BCUT2D eigenvalue weighted by molar-refractivity contribution is 5.90. The van der Waals surface area contributed by atoms with Crippen LogP contribution in [0.2, 0.25) is 0 Å². The summed E-state index contributed by atoms with van der Waals surface area (Å²) in [6.07, 6.45) is 1.53. The normalized spacial score (nSPS) is 7.08. The molecule has 1 aromatic rings. The van der Waals surface area contributed by atoms with E-state index in [1.165, 1.54) is 6.20 Å². The van der Waals surface area contributed by atoms with Crippen molar-refractivity contribution in [2.75, 3.05) is 0 Å². The molecule has 0 saturated carbocycles. The van der Waals surface area contributed by atoms with E-state index < -0.39 is 5.91 Å². The summed E-state index contributed by atoms with van der Waals surface area (Å²) >= 11 is 0. The van der Waals surface area contributed by atoms with Crippen LogP contribution in [0.5, 0.6) is 0 Å². The second kappa shape index (κ2) is 10.6.